The number of pyridine rings is 2. The van der Waals surface area contributed by atoms with Crippen molar-refractivity contribution in [2.24, 2.45) is 0 Å². The van der Waals surface area contributed by atoms with Crippen molar-refractivity contribution in [2.45, 2.75) is 0 Å². The van der Waals surface area contributed by atoms with Crippen molar-refractivity contribution < 1.29 is 0 Å². The van der Waals surface area contributed by atoms with Gasteiger partial charge in [0.25, 0.3) is 0 Å². The van der Waals surface area contributed by atoms with Gasteiger partial charge in [0, 0.05) is 26.9 Å². The van der Waals surface area contributed by atoms with Crippen molar-refractivity contribution in [2.75, 3.05) is 0 Å². The molecule has 6 heteroatoms. The molecule has 0 aliphatic heterocycles. The summed E-state index contributed by atoms with van der Waals surface area (Å²) in [6.07, 6.45) is 0. The Hall–Kier alpha value is -9.88. The number of rotatable bonds is 5. The van der Waals surface area contributed by atoms with E-state index in [-0.39, 0.29) is 0 Å². The Bertz CT molecular complexity index is 4340. The molecule has 0 spiro atoms. The van der Waals surface area contributed by atoms with E-state index in [1.807, 2.05) is 72.8 Å². The second-order valence-electron chi connectivity index (χ2n) is 17.9. The normalized spacial score (nSPS) is 11.7. The third-order valence-electron chi connectivity index (χ3n) is 14.2. The topological polar surface area (TPSA) is 63.8 Å². The fourth-order valence-electron chi connectivity index (χ4n) is 10.9. The van der Waals surface area contributed by atoms with Crippen LogP contribution in [0.25, 0.3) is 137 Å². The molecule has 0 aliphatic rings. The van der Waals surface area contributed by atoms with Gasteiger partial charge < -0.3 is 0 Å². The second-order valence-corrected chi connectivity index (χ2v) is 17.9. The van der Waals surface area contributed by atoms with E-state index in [0.29, 0.717) is 11.3 Å². The molecule has 0 amide bonds. The number of para-hydroxylation sites is 2. The van der Waals surface area contributed by atoms with Gasteiger partial charge in [-0.3, -0.25) is 9.13 Å². The first-order valence-electron chi connectivity index (χ1n) is 23.3. The molecule has 0 aliphatic carbocycles. The fraction of sp³-hybridized carbons (Fsp3) is 0. The SMILES string of the molecule is [C-]#[N+]c1ccc2c(c1)c1cc(-c3ccc(-c4ccc(-c5ccc6c(c5)c5cc(C#N)ccc5n6-c5ccc6ccccc6n5)c5ccccc45)c4ccccc34)ccc1n2-c1ccc2ccccc2n1. The summed E-state index contributed by atoms with van der Waals surface area (Å²) >= 11 is 0. The highest BCUT2D eigenvalue weighted by Crippen LogP contribution is 2.44. The Morgan fingerprint density at radius 1 is 0.371 bits per heavy atom. The minimum absolute atomic E-state index is 0.605. The van der Waals surface area contributed by atoms with Gasteiger partial charge in [-0.1, -0.05) is 127 Å². The molecule has 0 radical (unpaired) electrons. The molecule has 14 rings (SSSR count). The summed E-state index contributed by atoms with van der Waals surface area (Å²) in [4.78, 5) is 14.0. The lowest BCUT2D eigenvalue weighted by Gasteiger charge is -2.16. The van der Waals surface area contributed by atoms with E-state index in [2.05, 4.69) is 166 Å². The Labute approximate surface area is 401 Å². The van der Waals surface area contributed by atoms with Crippen LogP contribution in [-0.2, 0) is 0 Å². The van der Waals surface area contributed by atoms with E-state index in [1.54, 1.807) is 0 Å². The van der Waals surface area contributed by atoms with E-state index in [4.69, 9.17) is 16.5 Å². The van der Waals surface area contributed by atoms with Crippen LogP contribution in [0.3, 0.4) is 0 Å². The summed E-state index contributed by atoms with van der Waals surface area (Å²) in [7, 11) is 0. The lowest BCUT2D eigenvalue weighted by Crippen LogP contribution is -1.97. The van der Waals surface area contributed by atoms with Gasteiger partial charge in [0.05, 0.1) is 51.3 Å². The van der Waals surface area contributed by atoms with Crippen LogP contribution in [0.4, 0.5) is 5.69 Å². The highest BCUT2D eigenvalue weighted by atomic mass is 15.1. The average Bonchev–Trinajstić information content (AvgIpc) is 3.93. The van der Waals surface area contributed by atoms with E-state index in [1.165, 1.54) is 10.8 Å². The van der Waals surface area contributed by atoms with E-state index < -0.39 is 0 Å². The highest BCUT2D eigenvalue weighted by Gasteiger charge is 2.20. The van der Waals surface area contributed by atoms with Crippen molar-refractivity contribution >= 4 is 92.6 Å². The van der Waals surface area contributed by atoms with Crippen LogP contribution in [0.5, 0.6) is 0 Å². The Balaban J connectivity index is 0.902. The van der Waals surface area contributed by atoms with Crippen LogP contribution in [0, 0.1) is 17.9 Å². The van der Waals surface area contributed by atoms with E-state index in [0.717, 1.165) is 121 Å². The lowest BCUT2D eigenvalue weighted by molar-refractivity contribution is 1.10. The molecule has 322 valence electrons. The number of fused-ring (bicyclic) bond motifs is 10. The van der Waals surface area contributed by atoms with E-state index >= 15 is 0 Å². The average molecular weight is 889 g/mol. The van der Waals surface area contributed by atoms with Crippen LogP contribution in [0.1, 0.15) is 5.56 Å². The predicted molar refractivity (Wildman–Crippen MR) is 288 cm³/mol. The number of benzene rings is 10. The van der Waals surface area contributed by atoms with E-state index in [9.17, 15) is 5.26 Å². The Morgan fingerprint density at radius 2 is 0.786 bits per heavy atom. The lowest BCUT2D eigenvalue weighted by atomic mass is 9.87. The maximum absolute atomic E-state index is 9.99. The zero-order chi connectivity index (χ0) is 46.5. The van der Waals surface area contributed by atoms with Gasteiger partial charge in [0.1, 0.15) is 11.6 Å². The van der Waals surface area contributed by atoms with Gasteiger partial charge in [0.2, 0.25) is 0 Å². The summed E-state index contributed by atoms with van der Waals surface area (Å²) in [5.41, 5.74) is 14.0. The first-order valence-corrected chi connectivity index (χ1v) is 23.3. The molecule has 0 saturated carbocycles. The maximum Gasteiger partial charge on any atom is 0.188 e. The summed E-state index contributed by atoms with van der Waals surface area (Å²) in [6, 6.07) is 78.9. The molecule has 0 atom stereocenters. The van der Waals surface area contributed by atoms with Gasteiger partial charge in [-0.05, 0) is 151 Å². The predicted octanol–water partition coefficient (Wildman–Crippen LogP) is 16.7. The summed E-state index contributed by atoms with van der Waals surface area (Å²) in [6.45, 7) is 7.86. The number of hydrogen-bond acceptors (Lipinski definition) is 3. The van der Waals surface area contributed by atoms with Crippen LogP contribution in [-0.4, -0.2) is 19.1 Å². The molecule has 10 aromatic carbocycles. The standard InChI is InChI=1S/C64H36N6/c1-66-44-23-31-62-56(37-44)55-36-43(20-30-61(55)70(62)64-33-22-41-11-3-9-17-58(41)68-64)46-25-27-52(50-15-7-5-13-48(46)50)51-26-24-45(47-12-4-6-14-49(47)51)42-19-29-60-54(35-42)53-34-39(38-65)18-28-59(53)69(60)63-32-21-40-10-2-8-16-57(40)67-63/h2-37H. The minimum atomic E-state index is 0.605. The van der Waals surface area contributed by atoms with Gasteiger partial charge in [0.15, 0.2) is 5.69 Å². The molecular weight excluding hydrogens is 853 g/mol. The van der Waals surface area contributed by atoms with Gasteiger partial charge >= 0.3 is 0 Å². The minimum Gasteiger partial charge on any atom is -0.294 e. The van der Waals surface area contributed by atoms with Crippen LogP contribution >= 0.6 is 0 Å². The highest BCUT2D eigenvalue weighted by molar-refractivity contribution is 6.16. The smallest absolute Gasteiger partial charge is 0.188 e. The molecule has 4 heterocycles. The third kappa shape index (κ3) is 5.98. The molecular formula is C64H36N6. The monoisotopic (exact) mass is 888 g/mol. The fourth-order valence-corrected chi connectivity index (χ4v) is 10.9. The summed E-state index contributed by atoms with van der Waals surface area (Å²) < 4.78 is 4.43. The van der Waals surface area contributed by atoms with Crippen LogP contribution in [0.15, 0.2) is 218 Å². The second kappa shape index (κ2) is 15.3. The maximum atomic E-state index is 9.99. The molecule has 6 nitrogen and oxygen atoms in total. The van der Waals surface area contributed by atoms with Gasteiger partial charge in [-0.15, -0.1) is 0 Å². The van der Waals surface area contributed by atoms with Crippen molar-refractivity contribution in [1.29, 1.82) is 5.26 Å². The van der Waals surface area contributed by atoms with Crippen molar-refractivity contribution in [3.8, 4) is 51.1 Å². The van der Waals surface area contributed by atoms with Crippen molar-refractivity contribution in [1.82, 2.24) is 19.1 Å². The number of nitrogens with zero attached hydrogens (tertiary/aromatic N) is 6. The summed E-state index contributed by atoms with van der Waals surface area (Å²) in [5.74, 6) is 1.68. The largest absolute Gasteiger partial charge is 0.294 e. The molecule has 70 heavy (non-hydrogen) atoms. The zero-order valence-corrected chi connectivity index (χ0v) is 37.5. The van der Waals surface area contributed by atoms with Gasteiger partial charge in [-0.2, -0.15) is 5.26 Å². The molecule has 4 aromatic heterocycles. The molecule has 0 unspecified atom stereocenters. The third-order valence-corrected chi connectivity index (χ3v) is 14.2. The first-order chi connectivity index (χ1) is 34.6. The zero-order valence-electron chi connectivity index (χ0n) is 37.5. The molecule has 14 aromatic rings. The van der Waals surface area contributed by atoms with Crippen molar-refractivity contribution in [3.63, 3.8) is 0 Å². The van der Waals surface area contributed by atoms with Crippen molar-refractivity contribution in [3.05, 3.63) is 235 Å². The Morgan fingerprint density at radius 3 is 1.29 bits per heavy atom. The number of nitriles is 1. The number of aromatic nitrogens is 4. The summed E-state index contributed by atoms with van der Waals surface area (Å²) in [5, 5.41) is 21.0. The molecule has 0 fully saturated rings. The number of hydrogen-bond donors (Lipinski definition) is 0. The van der Waals surface area contributed by atoms with Crippen LogP contribution < -0.4 is 0 Å². The Kier molecular flexibility index (Phi) is 8.61. The molecule has 0 bridgehead atoms. The quantitative estimate of drug-likeness (QED) is 0.162. The molecule has 0 N–H and O–H groups in total. The first kappa shape index (κ1) is 39.3. The van der Waals surface area contributed by atoms with Crippen LogP contribution in [0.2, 0.25) is 0 Å². The molecule has 0 saturated heterocycles. The van der Waals surface area contributed by atoms with Gasteiger partial charge in [-0.25, -0.2) is 14.8 Å².